The highest BCUT2D eigenvalue weighted by molar-refractivity contribution is 5.98. The number of benzene rings is 3. The Bertz CT molecular complexity index is 1730. The zero-order valence-corrected chi connectivity index (χ0v) is 31.6. The number of amides is 1. The van der Waals surface area contributed by atoms with Crippen LogP contribution in [0.25, 0.3) is 10.8 Å². The van der Waals surface area contributed by atoms with Crippen LogP contribution in [0.1, 0.15) is 74.0 Å². The SMILES string of the molecule is Cl.Cl.NCC(C(=O)Nc1ccc2cnccc2c1)c1ccc(COC(=O)CCCC=CC[C@@H]2[C@@H](CC[C@@H](O)CCc3ccccc3)[C@H](O)C[C@@H]2O)cc1. The maximum Gasteiger partial charge on any atom is 0.306 e. The van der Waals surface area contributed by atoms with E-state index in [0.717, 1.165) is 28.3 Å². The predicted molar refractivity (Wildman–Crippen MR) is 214 cm³/mol. The van der Waals surface area contributed by atoms with Crippen LogP contribution in [0.4, 0.5) is 5.69 Å². The molecule has 1 heterocycles. The van der Waals surface area contributed by atoms with E-state index >= 15 is 0 Å². The number of nitrogens with zero attached hydrogens (tertiary/aromatic N) is 1. The number of aliphatic hydroxyl groups is 3. The highest BCUT2D eigenvalue weighted by atomic mass is 35.5. The minimum atomic E-state index is -0.563. The van der Waals surface area contributed by atoms with Gasteiger partial charge in [-0.25, -0.2) is 0 Å². The van der Waals surface area contributed by atoms with Crippen LogP contribution in [-0.2, 0) is 27.4 Å². The molecule has 1 saturated carbocycles. The number of halogens is 2. The summed E-state index contributed by atoms with van der Waals surface area (Å²) in [7, 11) is 0. The number of ether oxygens (including phenoxy) is 1. The first-order valence-electron chi connectivity index (χ1n) is 18.1. The van der Waals surface area contributed by atoms with Gasteiger partial charge in [-0.1, -0.05) is 72.8 Å². The lowest BCUT2D eigenvalue weighted by molar-refractivity contribution is -0.145. The Balaban J connectivity index is 0.00000378. The van der Waals surface area contributed by atoms with Crippen LogP contribution in [0, 0.1) is 11.8 Å². The van der Waals surface area contributed by atoms with Crippen molar-refractivity contribution in [3.05, 3.63) is 120 Å². The number of pyridine rings is 1. The lowest BCUT2D eigenvalue weighted by atomic mass is 9.85. The molecule has 1 amide bonds. The zero-order chi connectivity index (χ0) is 36.0. The third-order valence-corrected chi connectivity index (χ3v) is 10.0. The molecule has 4 aromatic rings. The topological polar surface area (TPSA) is 155 Å². The average molecular weight is 767 g/mol. The molecule has 286 valence electrons. The van der Waals surface area contributed by atoms with Crippen LogP contribution in [0.5, 0.6) is 0 Å². The molecule has 1 unspecified atom stereocenters. The number of allylic oxidation sites excluding steroid dienone is 2. The average Bonchev–Trinajstić information content (AvgIpc) is 3.42. The van der Waals surface area contributed by atoms with Crippen LogP contribution in [0.15, 0.2) is 103 Å². The minimum Gasteiger partial charge on any atom is -0.461 e. The van der Waals surface area contributed by atoms with Gasteiger partial charge in [-0.15, -0.1) is 24.8 Å². The van der Waals surface area contributed by atoms with Gasteiger partial charge in [0, 0.05) is 36.4 Å². The first-order valence-corrected chi connectivity index (χ1v) is 18.1. The second-order valence-electron chi connectivity index (χ2n) is 13.7. The summed E-state index contributed by atoms with van der Waals surface area (Å²) in [5.41, 5.74) is 9.48. The van der Waals surface area contributed by atoms with Crippen LogP contribution < -0.4 is 11.1 Å². The Morgan fingerprint density at radius 2 is 1.66 bits per heavy atom. The van der Waals surface area contributed by atoms with Gasteiger partial charge in [0.25, 0.3) is 0 Å². The second kappa shape index (κ2) is 22.4. The van der Waals surface area contributed by atoms with E-state index in [4.69, 9.17) is 10.5 Å². The van der Waals surface area contributed by atoms with Gasteiger partial charge in [0.2, 0.25) is 5.91 Å². The van der Waals surface area contributed by atoms with Crippen molar-refractivity contribution in [1.82, 2.24) is 4.98 Å². The van der Waals surface area contributed by atoms with Gasteiger partial charge >= 0.3 is 5.97 Å². The number of anilines is 1. The smallest absolute Gasteiger partial charge is 0.306 e. The van der Waals surface area contributed by atoms with Crippen molar-refractivity contribution in [2.45, 2.75) is 88.6 Å². The van der Waals surface area contributed by atoms with Gasteiger partial charge in [0.1, 0.15) is 6.61 Å². The first kappa shape index (κ1) is 43.6. The summed E-state index contributed by atoms with van der Waals surface area (Å²) >= 11 is 0. The maximum atomic E-state index is 13.1. The number of aryl methyl sites for hydroxylation is 1. The van der Waals surface area contributed by atoms with Crippen molar-refractivity contribution in [1.29, 1.82) is 0 Å². The molecule has 0 aliphatic heterocycles. The van der Waals surface area contributed by atoms with E-state index in [1.807, 2.05) is 78.9 Å². The fourth-order valence-electron chi connectivity index (χ4n) is 7.02. The van der Waals surface area contributed by atoms with E-state index in [9.17, 15) is 24.9 Å². The predicted octanol–water partition coefficient (Wildman–Crippen LogP) is 7.05. The number of aliphatic hydroxyl groups excluding tert-OH is 3. The van der Waals surface area contributed by atoms with E-state index in [0.29, 0.717) is 50.6 Å². The van der Waals surface area contributed by atoms with E-state index in [2.05, 4.69) is 22.4 Å². The fourth-order valence-corrected chi connectivity index (χ4v) is 7.02. The minimum absolute atomic E-state index is 0. The number of rotatable bonds is 18. The van der Waals surface area contributed by atoms with E-state index in [1.165, 1.54) is 5.56 Å². The number of aromatic nitrogens is 1. The van der Waals surface area contributed by atoms with Crippen molar-refractivity contribution < 1.29 is 29.6 Å². The van der Waals surface area contributed by atoms with Gasteiger partial charge in [0.15, 0.2) is 0 Å². The van der Waals surface area contributed by atoms with Crippen molar-refractivity contribution in [2.75, 3.05) is 11.9 Å². The van der Waals surface area contributed by atoms with Gasteiger partial charge in [-0.2, -0.15) is 0 Å². The summed E-state index contributed by atoms with van der Waals surface area (Å²) in [5, 5.41) is 36.7. The van der Waals surface area contributed by atoms with Crippen LogP contribution in [-0.4, -0.2) is 57.0 Å². The highest BCUT2D eigenvalue weighted by Gasteiger charge is 2.40. The molecule has 1 aliphatic rings. The van der Waals surface area contributed by atoms with Gasteiger partial charge in [-0.05, 0) is 103 Å². The van der Waals surface area contributed by atoms with Crippen molar-refractivity contribution in [2.24, 2.45) is 17.6 Å². The zero-order valence-electron chi connectivity index (χ0n) is 30.0. The van der Waals surface area contributed by atoms with E-state index in [1.54, 1.807) is 12.4 Å². The molecule has 0 bridgehead atoms. The highest BCUT2D eigenvalue weighted by Crippen LogP contribution is 2.38. The first-order chi connectivity index (χ1) is 24.8. The number of fused-ring (bicyclic) bond motifs is 1. The number of hydrogen-bond acceptors (Lipinski definition) is 8. The summed E-state index contributed by atoms with van der Waals surface area (Å²) in [6.45, 7) is 0.292. The molecular formula is C42H53Cl2N3O6. The van der Waals surface area contributed by atoms with Crippen molar-refractivity contribution in [3.63, 3.8) is 0 Å². The number of nitrogens with two attached hydrogens (primary N) is 1. The Labute approximate surface area is 324 Å². The largest absolute Gasteiger partial charge is 0.461 e. The third kappa shape index (κ3) is 13.2. The summed E-state index contributed by atoms with van der Waals surface area (Å²) in [6.07, 6.45) is 11.4. The molecule has 0 spiro atoms. The fraction of sp³-hybridized carbons (Fsp3) is 0.405. The lowest BCUT2D eigenvalue weighted by Crippen LogP contribution is -2.27. The van der Waals surface area contributed by atoms with Gasteiger partial charge in [-0.3, -0.25) is 14.6 Å². The maximum absolute atomic E-state index is 13.1. The Kier molecular flexibility index (Phi) is 18.4. The molecule has 5 rings (SSSR count). The Morgan fingerprint density at radius 1 is 0.906 bits per heavy atom. The molecule has 1 aromatic heterocycles. The van der Waals surface area contributed by atoms with Gasteiger partial charge in [0.05, 0.1) is 24.2 Å². The number of esters is 1. The third-order valence-electron chi connectivity index (χ3n) is 10.0. The molecule has 6 N–H and O–H groups in total. The van der Waals surface area contributed by atoms with Crippen LogP contribution in [0.3, 0.4) is 0 Å². The summed E-state index contributed by atoms with van der Waals surface area (Å²) < 4.78 is 5.48. The van der Waals surface area contributed by atoms with Crippen LogP contribution in [0.2, 0.25) is 0 Å². The normalized spacial score (nSPS) is 19.2. The lowest BCUT2D eigenvalue weighted by Gasteiger charge is -2.23. The Hall–Kier alpha value is -3.83. The van der Waals surface area contributed by atoms with E-state index < -0.39 is 24.2 Å². The second-order valence-corrected chi connectivity index (χ2v) is 13.7. The summed E-state index contributed by atoms with van der Waals surface area (Å²) in [4.78, 5) is 29.6. The molecule has 9 nitrogen and oxygen atoms in total. The number of hydrogen-bond donors (Lipinski definition) is 5. The standard InChI is InChI=1S/C42H51N3O6.2ClH/c43-26-38(42(50)45-34-18-17-33-27-44-23-22-32(33)24-34)31-15-12-30(13-16-31)28-51-41(49)11-7-2-1-6-10-36-37(40(48)25-39(36)47)21-20-35(46)19-14-29-8-4-3-5-9-29;;/h1,3-6,8-9,12-13,15-18,22-24,27,35-40,46-48H,2,7,10-11,14,19-21,25-26,28,43H2,(H,45,50);2*1H/t35-,36+,37+,38?,39-,40+;;/m0../s1. The number of carbonyl (C=O) groups is 2. The quantitative estimate of drug-likeness (QED) is 0.0410. The summed E-state index contributed by atoms with van der Waals surface area (Å²) in [5.74, 6) is -1.10. The molecule has 0 radical (unpaired) electrons. The molecule has 3 aromatic carbocycles. The molecular weight excluding hydrogens is 713 g/mol. The molecule has 53 heavy (non-hydrogen) atoms. The van der Waals surface area contributed by atoms with Crippen molar-refractivity contribution >= 4 is 53.2 Å². The molecule has 0 saturated heterocycles. The van der Waals surface area contributed by atoms with Crippen LogP contribution >= 0.6 is 24.8 Å². The van der Waals surface area contributed by atoms with E-state index in [-0.39, 0.29) is 68.1 Å². The Morgan fingerprint density at radius 3 is 2.42 bits per heavy atom. The monoisotopic (exact) mass is 765 g/mol. The number of unbranched alkanes of at least 4 members (excludes halogenated alkanes) is 1. The number of carbonyl (C=O) groups excluding carboxylic acids is 2. The molecule has 1 aliphatic carbocycles. The van der Waals surface area contributed by atoms with Gasteiger partial charge < -0.3 is 31.1 Å². The van der Waals surface area contributed by atoms with Crippen molar-refractivity contribution in [3.8, 4) is 0 Å². The number of nitrogens with one attached hydrogen (secondary N) is 1. The summed E-state index contributed by atoms with van der Waals surface area (Å²) in [6, 6.07) is 25.0. The molecule has 11 heteroatoms. The molecule has 6 atom stereocenters. The molecule has 1 fully saturated rings.